The molecule has 0 spiro atoms. The molecule has 21 heavy (non-hydrogen) atoms. The summed E-state index contributed by atoms with van der Waals surface area (Å²) in [6.45, 7) is 4.12. The second-order valence-corrected chi connectivity index (χ2v) is 5.85. The molecule has 122 valence electrons. The van der Waals surface area contributed by atoms with Crippen LogP contribution >= 0.6 is 0 Å². The van der Waals surface area contributed by atoms with Crippen LogP contribution in [-0.4, -0.2) is 25.2 Å². The first-order valence-electron chi connectivity index (χ1n) is 8.52. The van der Waals surface area contributed by atoms with E-state index in [4.69, 9.17) is 9.47 Å². The van der Waals surface area contributed by atoms with Gasteiger partial charge in [-0.05, 0) is 26.2 Å². The topological polar surface area (TPSA) is 52.6 Å². The van der Waals surface area contributed by atoms with E-state index in [1.807, 2.05) is 0 Å². The first-order valence-corrected chi connectivity index (χ1v) is 8.52. The molecule has 1 aliphatic carbocycles. The van der Waals surface area contributed by atoms with Gasteiger partial charge in [0.25, 0.3) is 0 Å². The summed E-state index contributed by atoms with van der Waals surface area (Å²) in [5.74, 6) is -0.846. The lowest BCUT2D eigenvalue weighted by Crippen LogP contribution is -2.28. The number of ether oxygens (including phenoxy) is 2. The molecule has 0 heterocycles. The van der Waals surface area contributed by atoms with E-state index >= 15 is 0 Å². The van der Waals surface area contributed by atoms with E-state index in [2.05, 4.69) is 0 Å². The Kier molecular flexibility index (Phi) is 9.11. The highest BCUT2D eigenvalue weighted by Crippen LogP contribution is 2.27. The molecule has 1 saturated carbocycles. The van der Waals surface area contributed by atoms with Crippen molar-refractivity contribution < 1.29 is 19.1 Å². The molecule has 0 radical (unpaired) electrons. The standard InChI is InChI=1S/C17H30O4/c1-3-20-16(18)15(17(19)21-4-2)13-9-12-14-10-7-5-6-8-11-14/h14-15H,3-13H2,1-2H3. The van der Waals surface area contributed by atoms with Crippen molar-refractivity contribution in [2.24, 2.45) is 11.8 Å². The van der Waals surface area contributed by atoms with E-state index in [1.54, 1.807) is 13.8 Å². The highest BCUT2D eigenvalue weighted by atomic mass is 16.6. The van der Waals surface area contributed by atoms with Gasteiger partial charge in [0.2, 0.25) is 0 Å². The van der Waals surface area contributed by atoms with Crippen LogP contribution in [0.15, 0.2) is 0 Å². The van der Waals surface area contributed by atoms with E-state index in [1.165, 1.54) is 38.5 Å². The highest BCUT2D eigenvalue weighted by Gasteiger charge is 2.29. The minimum absolute atomic E-state index is 0.303. The smallest absolute Gasteiger partial charge is 0.320 e. The molecule has 0 unspecified atom stereocenters. The fraction of sp³-hybridized carbons (Fsp3) is 0.882. The fourth-order valence-electron chi connectivity index (χ4n) is 3.08. The predicted molar refractivity (Wildman–Crippen MR) is 81.8 cm³/mol. The van der Waals surface area contributed by atoms with Gasteiger partial charge in [0.15, 0.2) is 5.92 Å². The van der Waals surface area contributed by atoms with E-state index < -0.39 is 17.9 Å². The Balaban J connectivity index is 2.40. The summed E-state index contributed by atoms with van der Waals surface area (Å²) in [7, 11) is 0. The Labute approximate surface area is 128 Å². The Morgan fingerprint density at radius 1 is 0.952 bits per heavy atom. The third-order valence-corrected chi connectivity index (χ3v) is 4.22. The van der Waals surface area contributed by atoms with E-state index in [0.29, 0.717) is 19.6 Å². The van der Waals surface area contributed by atoms with Crippen LogP contribution in [0.3, 0.4) is 0 Å². The lowest BCUT2D eigenvalue weighted by Gasteiger charge is -2.17. The summed E-state index contributed by atoms with van der Waals surface area (Å²) >= 11 is 0. The van der Waals surface area contributed by atoms with Crippen molar-refractivity contribution in [1.82, 2.24) is 0 Å². The van der Waals surface area contributed by atoms with Crippen LogP contribution in [0.5, 0.6) is 0 Å². The van der Waals surface area contributed by atoms with Crippen LogP contribution in [0.4, 0.5) is 0 Å². The van der Waals surface area contributed by atoms with Crippen molar-refractivity contribution >= 4 is 11.9 Å². The van der Waals surface area contributed by atoms with Gasteiger partial charge in [0.05, 0.1) is 13.2 Å². The van der Waals surface area contributed by atoms with Crippen molar-refractivity contribution in [3.63, 3.8) is 0 Å². The number of carbonyl (C=O) groups excluding carboxylic acids is 2. The molecule has 1 rings (SSSR count). The Hall–Kier alpha value is -1.06. The van der Waals surface area contributed by atoms with Crippen LogP contribution in [0.2, 0.25) is 0 Å². The third kappa shape index (κ3) is 6.96. The van der Waals surface area contributed by atoms with Crippen molar-refractivity contribution in [3.05, 3.63) is 0 Å². The molecule has 0 atom stereocenters. The molecule has 0 N–H and O–H groups in total. The molecule has 4 nitrogen and oxygen atoms in total. The Morgan fingerprint density at radius 3 is 1.95 bits per heavy atom. The number of hydrogen-bond donors (Lipinski definition) is 0. The molecule has 0 aromatic heterocycles. The van der Waals surface area contributed by atoms with Crippen LogP contribution in [-0.2, 0) is 19.1 Å². The van der Waals surface area contributed by atoms with Crippen molar-refractivity contribution in [3.8, 4) is 0 Å². The molecule has 1 aliphatic rings. The van der Waals surface area contributed by atoms with Gasteiger partial charge in [0, 0.05) is 0 Å². The zero-order valence-electron chi connectivity index (χ0n) is 13.6. The monoisotopic (exact) mass is 298 g/mol. The number of hydrogen-bond acceptors (Lipinski definition) is 4. The molecule has 0 aliphatic heterocycles. The molecular weight excluding hydrogens is 268 g/mol. The largest absolute Gasteiger partial charge is 0.465 e. The second-order valence-electron chi connectivity index (χ2n) is 5.85. The summed E-state index contributed by atoms with van der Waals surface area (Å²) in [5, 5.41) is 0. The number of esters is 2. The zero-order chi connectivity index (χ0) is 15.5. The molecule has 0 bridgehead atoms. The number of carbonyl (C=O) groups is 2. The maximum Gasteiger partial charge on any atom is 0.320 e. The SMILES string of the molecule is CCOC(=O)C(CCCC1CCCCCC1)C(=O)OCC. The van der Waals surface area contributed by atoms with Gasteiger partial charge in [-0.2, -0.15) is 0 Å². The first kappa shape index (κ1) is 18.0. The predicted octanol–water partition coefficient (Wildman–Crippen LogP) is 3.87. The summed E-state index contributed by atoms with van der Waals surface area (Å²) < 4.78 is 9.99. The minimum Gasteiger partial charge on any atom is -0.465 e. The van der Waals surface area contributed by atoms with Crippen molar-refractivity contribution in [1.29, 1.82) is 0 Å². The summed E-state index contributed by atoms with van der Waals surface area (Å²) in [6.07, 6.45) is 10.5. The third-order valence-electron chi connectivity index (χ3n) is 4.22. The van der Waals surface area contributed by atoms with Gasteiger partial charge in [0.1, 0.15) is 0 Å². The molecule has 1 fully saturated rings. The van der Waals surface area contributed by atoms with Crippen molar-refractivity contribution in [2.45, 2.75) is 71.6 Å². The van der Waals surface area contributed by atoms with Gasteiger partial charge in [-0.25, -0.2) is 0 Å². The van der Waals surface area contributed by atoms with E-state index in [9.17, 15) is 9.59 Å². The summed E-state index contributed by atoms with van der Waals surface area (Å²) in [4.78, 5) is 23.7. The zero-order valence-corrected chi connectivity index (χ0v) is 13.6. The van der Waals surface area contributed by atoms with Crippen LogP contribution in [0, 0.1) is 11.8 Å². The minimum atomic E-state index is -0.740. The van der Waals surface area contributed by atoms with E-state index in [0.717, 1.165) is 18.8 Å². The molecular formula is C17H30O4. The quantitative estimate of drug-likeness (QED) is 0.388. The molecule has 4 heteroatoms. The number of rotatable bonds is 8. The van der Waals surface area contributed by atoms with Crippen LogP contribution < -0.4 is 0 Å². The Morgan fingerprint density at radius 2 is 1.48 bits per heavy atom. The molecule has 0 saturated heterocycles. The van der Waals surface area contributed by atoms with Gasteiger partial charge < -0.3 is 9.47 Å². The first-order chi connectivity index (χ1) is 10.2. The van der Waals surface area contributed by atoms with E-state index in [-0.39, 0.29) is 0 Å². The lowest BCUT2D eigenvalue weighted by molar-refractivity contribution is -0.162. The Bertz CT molecular complexity index is 288. The second kappa shape index (κ2) is 10.6. The fourth-order valence-corrected chi connectivity index (χ4v) is 3.08. The van der Waals surface area contributed by atoms with Gasteiger partial charge in [-0.15, -0.1) is 0 Å². The average Bonchev–Trinajstić information content (AvgIpc) is 2.72. The normalized spacial score (nSPS) is 16.5. The highest BCUT2D eigenvalue weighted by molar-refractivity contribution is 5.94. The molecule has 0 aromatic carbocycles. The summed E-state index contributed by atoms with van der Waals surface area (Å²) in [6, 6.07) is 0. The lowest BCUT2D eigenvalue weighted by atomic mass is 9.91. The van der Waals surface area contributed by atoms with Gasteiger partial charge in [-0.1, -0.05) is 51.4 Å². The molecule has 0 amide bonds. The maximum absolute atomic E-state index is 11.9. The summed E-state index contributed by atoms with van der Waals surface area (Å²) in [5.41, 5.74) is 0. The van der Waals surface area contributed by atoms with Crippen molar-refractivity contribution in [2.75, 3.05) is 13.2 Å². The van der Waals surface area contributed by atoms with Crippen LogP contribution in [0.1, 0.15) is 71.6 Å². The van der Waals surface area contributed by atoms with Crippen LogP contribution in [0.25, 0.3) is 0 Å². The average molecular weight is 298 g/mol. The van der Waals surface area contributed by atoms with Gasteiger partial charge >= 0.3 is 11.9 Å². The molecule has 0 aromatic rings. The maximum atomic E-state index is 11.9. The van der Waals surface area contributed by atoms with Gasteiger partial charge in [-0.3, -0.25) is 9.59 Å².